The number of halogens is 1. The van der Waals surface area contributed by atoms with Gasteiger partial charge in [-0.15, -0.1) is 0 Å². The molecule has 0 spiro atoms. The van der Waals surface area contributed by atoms with Crippen LogP contribution >= 0.6 is 11.6 Å². The average Bonchev–Trinajstić information content (AvgIpc) is 2.58. The fourth-order valence-electron chi connectivity index (χ4n) is 2.41. The van der Waals surface area contributed by atoms with Crippen LogP contribution in [-0.4, -0.2) is 23.8 Å². The first-order chi connectivity index (χ1) is 12.0. The third-order valence-electron chi connectivity index (χ3n) is 3.72. The first-order valence-corrected chi connectivity index (χ1v) is 8.16. The number of hydrogen-bond acceptors (Lipinski definition) is 4. The zero-order chi connectivity index (χ0) is 17.8. The number of nitrogens with one attached hydrogen (secondary N) is 3. The van der Waals surface area contributed by atoms with E-state index in [0.717, 1.165) is 11.3 Å². The Bertz CT molecular complexity index is 836. The van der Waals surface area contributed by atoms with Gasteiger partial charge in [-0.1, -0.05) is 35.9 Å². The van der Waals surface area contributed by atoms with Crippen molar-refractivity contribution in [3.8, 4) is 0 Å². The zero-order valence-corrected chi connectivity index (χ0v) is 14.3. The Labute approximate surface area is 150 Å². The molecule has 2 amide bonds. The van der Waals surface area contributed by atoms with Gasteiger partial charge in [-0.05, 0) is 36.8 Å². The molecule has 1 aliphatic heterocycles. The van der Waals surface area contributed by atoms with Crippen molar-refractivity contribution in [1.29, 1.82) is 0 Å². The lowest BCUT2D eigenvalue weighted by atomic mass is 10.1. The van der Waals surface area contributed by atoms with Gasteiger partial charge in [0.25, 0.3) is 0 Å². The van der Waals surface area contributed by atoms with Crippen LogP contribution in [0, 0.1) is 6.92 Å². The van der Waals surface area contributed by atoms with E-state index in [1.165, 1.54) is 0 Å². The highest BCUT2D eigenvalue weighted by Crippen LogP contribution is 2.21. The summed E-state index contributed by atoms with van der Waals surface area (Å²) >= 11 is 5.97. The zero-order valence-electron chi connectivity index (χ0n) is 13.5. The van der Waals surface area contributed by atoms with Gasteiger partial charge in [-0.2, -0.15) is 0 Å². The number of carbonyl (C=O) groups excluding carboxylic acids is 2. The van der Waals surface area contributed by atoms with Crippen molar-refractivity contribution in [3.05, 3.63) is 59.1 Å². The van der Waals surface area contributed by atoms with Crippen molar-refractivity contribution < 1.29 is 9.59 Å². The Morgan fingerprint density at radius 3 is 2.76 bits per heavy atom. The summed E-state index contributed by atoms with van der Waals surface area (Å²) in [5.41, 5.74) is 2.26. The fraction of sp³-hybridized carbons (Fsp3) is 0.167. The molecular weight excluding hydrogens is 340 g/mol. The molecule has 1 atom stereocenters. The highest BCUT2D eigenvalue weighted by atomic mass is 35.5. The summed E-state index contributed by atoms with van der Waals surface area (Å²) in [4.78, 5) is 28.7. The van der Waals surface area contributed by atoms with Crippen molar-refractivity contribution in [1.82, 2.24) is 5.32 Å². The van der Waals surface area contributed by atoms with Crippen LogP contribution in [0.4, 0.5) is 11.4 Å². The molecule has 0 saturated carbocycles. The number of aliphatic imine (C=N–C) groups is 1. The van der Waals surface area contributed by atoms with E-state index in [-0.39, 0.29) is 24.2 Å². The second-order valence-electron chi connectivity index (χ2n) is 5.69. The molecule has 0 aromatic heterocycles. The highest BCUT2D eigenvalue weighted by Gasteiger charge is 2.27. The molecule has 1 aliphatic rings. The van der Waals surface area contributed by atoms with Crippen LogP contribution in [-0.2, 0) is 9.59 Å². The molecule has 1 heterocycles. The monoisotopic (exact) mass is 356 g/mol. The smallest absolute Gasteiger partial charge is 0.249 e. The van der Waals surface area contributed by atoms with Crippen LogP contribution in [0.2, 0.25) is 5.02 Å². The first-order valence-electron chi connectivity index (χ1n) is 7.78. The maximum Gasteiger partial charge on any atom is 0.249 e. The number of carbonyl (C=O) groups is 2. The van der Waals surface area contributed by atoms with E-state index in [0.29, 0.717) is 10.7 Å². The molecule has 7 heteroatoms. The van der Waals surface area contributed by atoms with Gasteiger partial charge in [0.1, 0.15) is 6.04 Å². The van der Waals surface area contributed by atoms with E-state index in [4.69, 9.17) is 11.6 Å². The summed E-state index contributed by atoms with van der Waals surface area (Å²) in [6.07, 6.45) is -0.00852. The van der Waals surface area contributed by atoms with Gasteiger partial charge in [0.05, 0.1) is 6.42 Å². The van der Waals surface area contributed by atoms with Crippen molar-refractivity contribution in [2.24, 2.45) is 4.99 Å². The minimum Gasteiger partial charge on any atom is -0.326 e. The van der Waals surface area contributed by atoms with Gasteiger partial charge in [0.2, 0.25) is 17.8 Å². The Hall–Kier alpha value is -2.86. The molecule has 3 N–H and O–H groups in total. The molecule has 0 radical (unpaired) electrons. The summed E-state index contributed by atoms with van der Waals surface area (Å²) in [5, 5.41) is 8.94. The molecule has 128 valence electrons. The van der Waals surface area contributed by atoms with Crippen molar-refractivity contribution in [3.63, 3.8) is 0 Å². The van der Waals surface area contributed by atoms with Crippen molar-refractivity contribution >= 4 is 40.7 Å². The average molecular weight is 357 g/mol. The van der Waals surface area contributed by atoms with Crippen LogP contribution in [0.3, 0.4) is 0 Å². The van der Waals surface area contributed by atoms with E-state index in [1.54, 1.807) is 12.1 Å². The lowest BCUT2D eigenvalue weighted by Crippen LogP contribution is -2.45. The number of anilines is 2. The van der Waals surface area contributed by atoms with Crippen molar-refractivity contribution in [2.45, 2.75) is 19.4 Å². The van der Waals surface area contributed by atoms with E-state index in [1.807, 2.05) is 43.3 Å². The molecule has 2 aromatic rings. The summed E-state index contributed by atoms with van der Waals surface area (Å²) in [5.74, 6) is -0.366. The first kappa shape index (κ1) is 17.0. The van der Waals surface area contributed by atoms with Gasteiger partial charge >= 0.3 is 0 Å². The molecule has 2 aromatic carbocycles. The number of guanidine groups is 1. The lowest BCUT2D eigenvalue weighted by molar-refractivity contribution is -0.124. The molecule has 0 fully saturated rings. The topological polar surface area (TPSA) is 82.6 Å². The molecule has 0 aliphatic carbocycles. The second-order valence-corrected chi connectivity index (χ2v) is 6.12. The number of hydrogen-bond donors (Lipinski definition) is 3. The fourth-order valence-corrected chi connectivity index (χ4v) is 2.58. The van der Waals surface area contributed by atoms with Gasteiger partial charge in [0.15, 0.2) is 0 Å². The maximum absolute atomic E-state index is 12.5. The minimum absolute atomic E-state index is 0.00852. The van der Waals surface area contributed by atoms with Crippen LogP contribution < -0.4 is 16.0 Å². The molecule has 0 saturated heterocycles. The van der Waals surface area contributed by atoms with Gasteiger partial charge < -0.3 is 10.6 Å². The Kier molecular flexibility index (Phi) is 5.00. The number of rotatable bonds is 3. The van der Waals surface area contributed by atoms with Crippen LogP contribution in [0.25, 0.3) is 0 Å². The number of aryl methyl sites for hydroxylation is 1. The molecular formula is C18H17ClN4O2. The molecule has 1 unspecified atom stereocenters. The standard InChI is InChI=1S/C18H17ClN4O2/c1-11-7-8-12(19)9-14(11)21-17(25)15-10-16(24)23-18(22-15)20-13-5-3-2-4-6-13/h2-9,15H,10H2,1H3,(H,21,25)(H2,20,22,23,24). The third-order valence-corrected chi connectivity index (χ3v) is 3.95. The summed E-state index contributed by atoms with van der Waals surface area (Å²) in [6, 6.07) is 13.7. The van der Waals surface area contributed by atoms with E-state index < -0.39 is 6.04 Å². The van der Waals surface area contributed by atoms with E-state index >= 15 is 0 Å². The minimum atomic E-state index is -0.807. The SMILES string of the molecule is Cc1ccc(Cl)cc1NC(=O)C1CC(=O)NC(Nc2ccccc2)=N1. The molecule has 3 rings (SSSR count). The third kappa shape index (κ3) is 4.36. The van der Waals surface area contributed by atoms with E-state index in [2.05, 4.69) is 20.9 Å². The summed E-state index contributed by atoms with van der Waals surface area (Å²) < 4.78 is 0. The Balaban J connectivity index is 1.75. The number of nitrogens with zero attached hydrogens (tertiary/aromatic N) is 1. The van der Waals surface area contributed by atoms with Gasteiger partial charge in [-0.25, -0.2) is 4.99 Å². The number of para-hydroxylation sites is 1. The normalized spacial score (nSPS) is 16.6. The quantitative estimate of drug-likeness (QED) is 0.790. The van der Waals surface area contributed by atoms with Crippen LogP contribution in [0.15, 0.2) is 53.5 Å². The Morgan fingerprint density at radius 2 is 2.00 bits per heavy atom. The maximum atomic E-state index is 12.5. The van der Waals surface area contributed by atoms with Crippen molar-refractivity contribution in [2.75, 3.05) is 10.6 Å². The Morgan fingerprint density at radius 1 is 1.24 bits per heavy atom. The van der Waals surface area contributed by atoms with Crippen LogP contribution in [0.1, 0.15) is 12.0 Å². The number of amides is 2. The predicted molar refractivity (Wildman–Crippen MR) is 98.9 cm³/mol. The molecule has 6 nitrogen and oxygen atoms in total. The predicted octanol–water partition coefficient (Wildman–Crippen LogP) is 2.94. The summed E-state index contributed by atoms with van der Waals surface area (Å²) in [7, 11) is 0. The van der Waals surface area contributed by atoms with E-state index in [9.17, 15) is 9.59 Å². The van der Waals surface area contributed by atoms with Gasteiger partial charge in [-0.3, -0.25) is 14.9 Å². The highest BCUT2D eigenvalue weighted by molar-refractivity contribution is 6.31. The number of benzene rings is 2. The van der Waals surface area contributed by atoms with Crippen LogP contribution in [0.5, 0.6) is 0 Å². The largest absolute Gasteiger partial charge is 0.326 e. The van der Waals surface area contributed by atoms with Gasteiger partial charge in [0, 0.05) is 16.4 Å². The lowest BCUT2D eigenvalue weighted by Gasteiger charge is -2.21. The molecule has 0 bridgehead atoms. The molecule has 25 heavy (non-hydrogen) atoms. The summed E-state index contributed by atoms with van der Waals surface area (Å²) in [6.45, 7) is 1.87. The second kappa shape index (κ2) is 7.36.